The average molecular weight is 316 g/mol. The third kappa shape index (κ3) is 2.62. The monoisotopic (exact) mass is 316 g/mol. The SMILES string of the molecule is CC(C)c1ccc(C2NC(=O)NC3C2C(=O)NC(=O)N3C)cc1. The number of amides is 5. The molecule has 0 aromatic heterocycles. The summed E-state index contributed by atoms with van der Waals surface area (Å²) in [7, 11) is 1.56. The van der Waals surface area contributed by atoms with Gasteiger partial charge in [0, 0.05) is 7.05 Å². The standard InChI is InChI=1S/C16H20N4O3/c1-8(2)9-4-6-10(7-5-9)12-11-13(18-15(22)17-12)20(3)16(23)19-14(11)21/h4-8,11-13H,1-3H3,(H2,17,18,22)(H,19,21,23). The second kappa shape index (κ2) is 5.57. The van der Waals surface area contributed by atoms with E-state index in [-0.39, 0.29) is 5.91 Å². The minimum absolute atomic E-state index is 0.386. The summed E-state index contributed by atoms with van der Waals surface area (Å²) < 4.78 is 0. The van der Waals surface area contributed by atoms with Gasteiger partial charge in [-0.2, -0.15) is 0 Å². The third-order valence-corrected chi connectivity index (χ3v) is 4.50. The van der Waals surface area contributed by atoms with Gasteiger partial charge < -0.3 is 15.5 Å². The molecule has 3 atom stereocenters. The van der Waals surface area contributed by atoms with Crippen LogP contribution in [0.4, 0.5) is 9.59 Å². The second-order valence-electron chi connectivity index (χ2n) is 6.29. The van der Waals surface area contributed by atoms with E-state index in [0.717, 1.165) is 5.56 Å². The van der Waals surface area contributed by atoms with Crippen LogP contribution in [-0.4, -0.2) is 36.1 Å². The molecule has 0 spiro atoms. The molecule has 0 saturated carbocycles. The van der Waals surface area contributed by atoms with Crippen molar-refractivity contribution in [1.29, 1.82) is 0 Å². The van der Waals surface area contributed by atoms with Crippen LogP contribution in [0.15, 0.2) is 24.3 Å². The predicted molar refractivity (Wildman–Crippen MR) is 83.5 cm³/mol. The lowest BCUT2D eigenvalue weighted by atomic mass is 9.85. The van der Waals surface area contributed by atoms with Gasteiger partial charge in [-0.15, -0.1) is 0 Å². The number of carbonyl (C=O) groups excluding carboxylic acids is 3. The molecule has 122 valence electrons. The molecule has 7 nitrogen and oxygen atoms in total. The summed E-state index contributed by atoms with van der Waals surface area (Å²) in [4.78, 5) is 37.3. The predicted octanol–water partition coefficient (Wildman–Crippen LogP) is 1.29. The Kier molecular flexibility index (Phi) is 3.71. The lowest BCUT2D eigenvalue weighted by molar-refractivity contribution is -0.130. The van der Waals surface area contributed by atoms with Crippen LogP contribution in [0.1, 0.15) is 36.9 Å². The lowest BCUT2D eigenvalue weighted by Gasteiger charge is -2.45. The summed E-state index contributed by atoms with van der Waals surface area (Å²) in [5, 5.41) is 7.78. The van der Waals surface area contributed by atoms with Crippen molar-refractivity contribution >= 4 is 18.0 Å². The van der Waals surface area contributed by atoms with Crippen LogP contribution in [0.5, 0.6) is 0 Å². The smallest absolute Gasteiger partial charge is 0.325 e. The van der Waals surface area contributed by atoms with Crippen LogP contribution in [0.2, 0.25) is 0 Å². The van der Waals surface area contributed by atoms with Crippen LogP contribution >= 0.6 is 0 Å². The molecule has 2 saturated heterocycles. The van der Waals surface area contributed by atoms with Crippen molar-refractivity contribution in [2.45, 2.75) is 32.0 Å². The fourth-order valence-corrected chi connectivity index (χ4v) is 3.09. The molecule has 2 aliphatic rings. The van der Waals surface area contributed by atoms with Gasteiger partial charge in [0.05, 0.1) is 6.04 Å². The number of carbonyl (C=O) groups is 3. The van der Waals surface area contributed by atoms with Crippen molar-refractivity contribution in [3.63, 3.8) is 0 Å². The van der Waals surface area contributed by atoms with Crippen molar-refractivity contribution < 1.29 is 14.4 Å². The van der Waals surface area contributed by atoms with E-state index in [1.807, 2.05) is 24.3 Å². The zero-order valence-corrected chi connectivity index (χ0v) is 13.3. The number of nitrogens with zero attached hydrogens (tertiary/aromatic N) is 1. The van der Waals surface area contributed by atoms with Crippen LogP contribution in [-0.2, 0) is 4.79 Å². The molecule has 3 unspecified atom stereocenters. The van der Waals surface area contributed by atoms with E-state index in [9.17, 15) is 14.4 Å². The number of nitrogens with one attached hydrogen (secondary N) is 3. The molecule has 2 fully saturated rings. The van der Waals surface area contributed by atoms with E-state index in [1.54, 1.807) is 7.05 Å². The van der Waals surface area contributed by atoms with Gasteiger partial charge in [0.2, 0.25) is 5.91 Å². The number of imide groups is 1. The first-order valence-corrected chi connectivity index (χ1v) is 7.63. The Hall–Kier alpha value is -2.57. The first kappa shape index (κ1) is 15.3. The normalized spacial score (nSPS) is 27.2. The van der Waals surface area contributed by atoms with E-state index in [0.29, 0.717) is 5.92 Å². The Morgan fingerprint density at radius 3 is 2.30 bits per heavy atom. The highest BCUT2D eigenvalue weighted by Gasteiger charge is 2.48. The van der Waals surface area contributed by atoms with Crippen LogP contribution in [0.3, 0.4) is 0 Å². The Bertz CT molecular complexity index is 656. The highest BCUT2D eigenvalue weighted by molar-refractivity contribution is 6.00. The maximum absolute atomic E-state index is 12.3. The number of hydrogen-bond acceptors (Lipinski definition) is 3. The molecule has 5 amide bonds. The molecular formula is C16H20N4O3. The number of fused-ring (bicyclic) bond motifs is 1. The summed E-state index contributed by atoms with van der Waals surface area (Å²) in [5.74, 6) is -0.565. The van der Waals surface area contributed by atoms with Crippen LogP contribution in [0.25, 0.3) is 0 Å². The van der Waals surface area contributed by atoms with Gasteiger partial charge in [-0.1, -0.05) is 38.1 Å². The van der Waals surface area contributed by atoms with E-state index in [2.05, 4.69) is 29.8 Å². The first-order valence-electron chi connectivity index (χ1n) is 7.63. The summed E-state index contributed by atoms with van der Waals surface area (Å²) in [6.45, 7) is 4.21. The van der Waals surface area contributed by atoms with E-state index >= 15 is 0 Å². The zero-order chi connectivity index (χ0) is 16.7. The van der Waals surface area contributed by atoms with Crippen molar-refractivity contribution in [1.82, 2.24) is 20.9 Å². The Balaban J connectivity index is 1.95. The maximum Gasteiger partial charge on any atom is 0.325 e. The van der Waals surface area contributed by atoms with Crippen LogP contribution < -0.4 is 16.0 Å². The summed E-state index contributed by atoms with van der Waals surface area (Å²) in [6, 6.07) is 6.47. The topological polar surface area (TPSA) is 90.5 Å². The first-order chi connectivity index (χ1) is 10.9. The highest BCUT2D eigenvalue weighted by atomic mass is 16.2. The number of urea groups is 2. The molecular weight excluding hydrogens is 296 g/mol. The molecule has 2 aliphatic heterocycles. The summed E-state index contributed by atoms with van der Waals surface area (Å²) >= 11 is 0. The molecule has 2 heterocycles. The van der Waals surface area contributed by atoms with Crippen molar-refractivity contribution in [2.24, 2.45) is 5.92 Å². The summed E-state index contributed by atoms with van der Waals surface area (Å²) in [6.07, 6.45) is -0.653. The van der Waals surface area contributed by atoms with E-state index < -0.39 is 30.2 Å². The average Bonchev–Trinajstić information content (AvgIpc) is 2.52. The quantitative estimate of drug-likeness (QED) is 0.768. The van der Waals surface area contributed by atoms with Gasteiger partial charge in [0.1, 0.15) is 12.1 Å². The number of benzene rings is 1. The van der Waals surface area contributed by atoms with E-state index in [4.69, 9.17) is 0 Å². The fraction of sp³-hybridized carbons (Fsp3) is 0.438. The van der Waals surface area contributed by atoms with Crippen molar-refractivity contribution in [3.05, 3.63) is 35.4 Å². The van der Waals surface area contributed by atoms with Crippen LogP contribution in [0, 0.1) is 5.92 Å². The molecule has 7 heteroatoms. The van der Waals surface area contributed by atoms with Gasteiger partial charge in [0.15, 0.2) is 0 Å². The van der Waals surface area contributed by atoms with Gasteiger partial charge >= 0.3 is 12.1 Å². The fourth-order valence-electron chi connectivity index (χ4n) is 3.09. The van der Waals surface area contributed by atoms with Gasteiger partial charge in [0.25, 0.3) is 0 Å². The number of hydrogen-bond donors (Lipinski definition) is 3. The molecule has 23 heavy (non-hydrogen) atoms. The Morgan fingerprint density at radius 1 is 1.04 bits per heavy atom. The van der Waals surface area contributed by atoms with Crippen molar-refractivity contribution in [3.8, 4) is 0 Å². The minimum Gasteiger partial charge on any atom is -0.330 e. The molecule has 0 bridgehead atoms. The molecule has 1 aromatic rings. The van der Waals surface area contributed by atoms with Gasteiger partial charge in [-0.05, 0) is 17.0 Å². The minimum atomic E-state index is -0.653. The van der Waals surface area contributed by atoms with E-state index in [1.165, 1.54) is 10.5 Å². The van der Waals surface area contributed by atoms with Crippen molar-refractivity contribution in [2.75, 3.05) is 7.05 Å². The van der Waals surface area contributed by atoms with Gasteiger partial charge in [-0.25, -0.2) is 9.59 Å². The highest BCUT2D eigenvalue weighted by Crippen LogP contribution is 2.32. The Morgan fingerprint density at radius 2 is 1.70 bits per heavy atom. The molecule has 1 aromatic carbocycles. The summed E-state index contributed by atoms with van der Waals surface area (Å²) in [5.41, 5.74) is 2.03. The zero-order valence-electron chi connectivity index (χ0n) is 13.3. The third-order valence-electron chi connectivity index (χ3n) is 4.50. The maximum atomic E-state index is 12.3. The largest absolute Gasteiger partial charge is 0.330 e. The molecule has 3 N–H and O–H groups in total. The Labute approximate surface area is 134 Å². The molecule has 0 radical (unpaired) electrons. The molecule has 3 rings (SSSR count). The molecule has 0 aliphatic carbocycles. The lowest BCUT2D eigenvalue weighted by Crippen LogP contribution is -2.71. The number of rotatable bonds is 2. The van der Waals surface area contributed by atoms with Gasteiger partial charge in [-0.3, -0.25) is 10.1 Å². The second-order valence-corrected chi connectivity index (χ2v) is 6.29.